The monoisotopic (exact) mass is 401 g/mol. The van der Waals surface area contributed by atoms with Crippen LogP contribution in [0.5, 0.6) is 11.5 Å². The van der Waals surface area contributed by atoms with Gasteiger partial charge in [-0.25, -0.2) is 4.52 Å². The minimum Gasteiger partial charge on any atom is -0.454 e. The minimum atomic E-state index is -4.80. The number of benzene rings is 1. The van der Waals surface area contributed by atoms with E-state index in [9.17, 15) is 23.3 Å². The van der Waals surface area contributed by atoms with Crippen molar-refractivity contribution in [2.45, 2.75) is 6.18 Å². The molecule has 0 aliphatic heterocycles. The number of aromatic nitrogens is 2. The summed E-state index contributed by atoms with van der Waals surface area (Å²) in [6.45, 7) is 0. The highest BCUT2D eigenvalue weighted by molar-refractivity contribution is 9.10. The van der Waals surface area contributed by atoms with Crippen LogP contribution in [-0.2, 0) is 6.18 Å². The molecule has 0 saturated carbocycles. The lowest BCUT2D eigenvalue weighted by Crippen LogP contribution is -2.08. The molecule has 24 heavy (non-hydrogen) atoms. The molecule has 0 unspecified atom stereocenters. The standard InChI is InChI=1S/C14H7BrF3N3O3/c15-8-5-13(11-3-4-19-20(11)7-8)24-12-2-1-9(21(22)23)6-10(12)14(16,17)18/h1-7H. The van der Waals surface area contributed by atoms with Crippen LogP contribution in [0.1, 0.15) is 5.56 Å². The van der Waals surface area contributed by atoms with E-state index in [0.717, 1.165) is 12.1 Å². The molecular weight excluding hydrogens is 395 g/mol. The average Bonchev–Trinajstić information content (AvgIpc) is 2.94. The van der Waals surface area contributed by atoms with Crippen molar-refractivity contribution in [2.75, 3.05) is 0 Å². The Morgan fingerprint density at radius 1 is 1.21 bits per heavy atom. The smallest absolute Gasteiger partial charge is 0.420 e. The van der Waals surface area contributed by atoms with Crippen LogP contribution in [0.2, 0.25) is 0 Å². The number of hydrogen-bond acceptors (Lipinski definition) is 4. The third-order valence-corrected chi connectivity index (χ3v) is 3.57. The number of hydrogen-bond donors (Lipinski definition) is 0. The summed E-state index contributed by atoms with van der Waals surface area (Å²) in [5, 5.41) is 14.7. The van der Waals surface area contributed by atoms with E-state index in [1.54, 1.807) is 12.3 Å². The highest BCUT2D eigenvalue weighted by atomic mass is 79.9. The first-order chi connectivity index (χ1) is 11.3. The van der Waals surface area contributed by atoms with E-state index in [-0.39, 0.29) is 5.75 Å². The normalized spacial score (nSPS) is 11.7. The van der Waals surface area contributed by atoms with Crippen molar-refractivity contribution in [2.24, 2.45) is 0 Å². The zero-order valence-corrected chi connectivity index (χ0v) is 13.2. The van der Waals surface area contributed by atoms with E-state index in [1.807, 2.05) is 0 Å². The van der Waals surface area contributed by atoms with Gasteiger partial charge >= 0.3 is 6.18 Å². The van der Waals surface area contributed by atoms with Gasteiger partial charge in [-0.05, 0) is 34.1 Å². The molecule has 0 amide bonds. The van der Waals surface area contributed by atoms with Crippen molar-refractivity contribution in [1.82, 2.24) is 9.61 Å². The number of non-ortho nitro benzene ring substituents is 1. The van der Waals surface area contributed by atoms with Gasteiger partial charge in [0.25, 0.3) is 5.69 Å². The fraction of sp³-hybridized carbons (Fsp3) is 0.0714. The second kappa shape index (κ2) is 5.78. The van der Waals surface area contributed by atoms with Crippen LogP contribution in [-0.4, -0.2) is 14.5 Å². The predicted molar refractivity (Wildman–Crippen MR) is 81.1 cm³/mol. The van der Waals surface area contributed by atoms with Crippen molar-refractivity contribution in [3.8, 4) is 11.5 Å². The number of fused-ring (bicyclic) bond motifs is 1. The van der Waals surface area contributed by atoms with Gasteiger partial charge in [0.1, 0.15) is 16.8 Å². The number of nitrogens with zero attached hydrogens (tertiary/aromatic N) is 3. The summed E-state index contributed by atoms with van der Waals surface area (Å²) in [6, 6.07) is 5.38. The third-order valence-electron chi connectivity index (χ3n) is 3.14. The molecule has 3 rings (SSSR count). The maximum Gasteiger partial charge on any atom is 0.420 e. The van der Waals surface area contributed by atoms with E-state index < -0.39 is 28.1 Å². The van der Waals surface area contributed by atoms with Crippen molar-refractivity contribution >= 4 is 27.1 Å². The highest BCUT2D eigenvalue weighted by Crippen LogP contribution is 2.41. The maximum absolute atomic E-state index is 13.2. The van der Waals surface area contributed by atoms with Crippen molar-refractivity contribution in [3.63, 3.8) is 0 Å². The third kappa shape index (κ3) is 3.04. The number of alkyl halides is 3. The van der Waals surface area contributed by atoms with E-state index in [4.69, 9.17) is 4.74 Å². The van der Waals surface area contributed by atoms with Gasteiger partial charge in [-0.1, -0.05) is 0 Å². The summed E-state index contributed by atoms with van der Waals surface area (Å²) in [6.07, 6.45) is -1.72. The lowest BCUT2D eigenvalue weighted by atomic mass is 10.1. The predicted octanol–water partition coefficient (Wildman–Crippen LogP) is 4.82. The Morgan fingerprint density at radius 2 is 1.96 bits per heavy atom. The lowest BCUT2D eigenvalue weighted by molar-refractivity contribution is -0.385. The van der Waals surface area contributed by atoms with Gasteiger partial charge < -0.3 is 4.74 Å². The molecule has 6 nitrogen and oxygen atoms in total. The molecule has 1 aromatic carbocycles. The van der Waals surface area contributed by atoms with Crippen LogP contribution in [0.3, 0.4) is 0 Å². The maximum atomic E-state index is 13.2. The largest absolute Gasteiger partial charge is 0.454 e. The molecule has 0 N–H and O–H groups in total. The van der Waals surface area contributed by atoms with Gasteiger partial charge in [-0.15, -0.1) is 0 Å². The first-order valence-electron chi connectivity index (χ1n) is 6.42. The van der Waals surface area contributed by atoms with Crippen molar-refractivity contribution < 1.29 is 22.8 Å². The molecule has 2 heterocycles. The van der Waals surface area contributed by atoms with E-state index >= 15 is 0 Å². The van der Waals surface area contributed by atoms with Gasteiger partial charge in [0.05, 0.1) is 11.1 Å². The van der Waals surface area contributed by atoms with Crippen molar-refractivity contribution in [1.29, 1.82) is 0 Å². The second-order valence-electron chi connectivity index (χ2n) is 4.72. The molecule has 0 fully saturated rings. The number of nitro benzene ring substituents is 1. The number of rotatable bonds is 3. The highest BCUT2D eigenvalue weighted by Gasteiger charge is 2.36. The fourth-order valence-electron chi connectivity index (χ4n) is 2.11. The van der Waals surface area contributed by atoms with Crippen LogP contribution in [0.25, 0.3) is 5.52 Å². The summed E-state index contributed by atoms with van der Waals surface area (Å²) in [5.41, 5.74) is -1.45. The zero-order chi connectivity index (χ0) is 17.5. The Kier molecular flexibility index (Phi) is 3.91. The van der Waals surface area contributed by atoms with Gasteiger partial charge in [0, 0.05) is 22.8 Å². The molecule has 0 aliphatic carbocycles. The fourth-order valence-corrected chi connectivity index (χ4v) is 2.51. The first kappa shape index (κ1) is 16.2. The minimum absolute atomic E-state index is 0.126. The molecule has 0 radical (unpaired) electrons. The van der Waals surface area contributed by atoms with Gasteiger partial charge in [0.2, 0.25) is 0 Å². The molecule has 124 valence electrons. The molecule has 0 aliphatic rings. The van der Waals surface area contributed by atoms with Gasteiger partial charge in [-0.3, -0.25) is 10.1 Å². The Bertz CT molecular complexity index is 940. The molecule has 3 aromatic rings. The summed E-state index contributed by atoms with van der Waals surface area (Å²) < 4.78 is 47.0. The first-order valence-corrected chi connectivity index (χ1v) is 7.21. The number of nitro groups is 1. The summed E-state index contributed by atoms with van der Waals surface area (Å²) >= 11 is 3.22. The Balaban J connectivity index is 2.12. The quantitative estimate of drug-likeness (QED) is 0.466. The summed E-state index contributed by atoms with van der Waals surface area (Å²) in [5.74, 6) is -0.407. The zero-order valence-electron chi connectivity index (χ0n) is 11.6. The van der Waals surface area contributed by atoms with E-state index in [2.05, 4.69) is 21.0 Å². The Morgan fingerprint density at radius 3 is 2.62 bits per heavy atom. The molecule has 0 spiro atoms. The molecule has 2 aromatic heterocycles. The molecule has 10 heteroatoms. The molecule has 0 saturated heterocycles. The Labute approximate surface area is 140 Å². The topological polar surface area (TPSA) is 69.7 Å². The van der Waals surface area contributed by atoms with E-state index in [1.165, 1.54) is 16.8 Å². The lowest BCUT2D eigenvalue weighted by Gasteiger charge is -2.14. The van der Waals surface area contributed by atoms with Crippen molar-refractivity contribution in [3.05, 3.63) is 62.9 Å². The van der Waals surface area contributed by atoms with Gasteiger partial charge in [-0.2, -0.15) is 18.3 Å². The number of ether oxygens (including phenoxy) is 1. The van der Waals surface area contributed by atoms with Crippen LogP contribution >= 0.6 is 15.9 Å². The molecular formula is C14H7BrF3N3O3. The Hall–Kier alpha value is -2.62. The summed E-state index contributed by atoms with van der Waals surface area (Å²) in [4.78, 5) is 9.82. The number of pyridine rings is 1. The molecule has 0 atom stereocenters. The van der Waals surface area contributed by atoms with Crippen LogP contribution in [0.15, 0.2) is 47.2 Å². The number of halogens is 4. The van der Waals surface area contributed by atoms with Crippen LogP contribution < -0.4 is 4.74 Å². The average molecular weight is 402 g/mol. The summed E-state index contributed by atoms with van der Waals surface area (Å²) in [7, 11) is 0. The second-order valence-corrected chi connectivity index (χ2v) is 5.64. The van der Waals surface area contributed by atoms with Gasteiger partial charge in [0.15, 0.2) is 5.75 Å². The van der Waals surface area contributed by atoms with Crippen LogP contribution in [0, 0.1) is 10.1 Å². The van der Waals surface area contributed by atoms with Crippen LogP contribution in [0.4, 0.5) is 18.9 Å². The molecule has 0 bridgehead atoms. The SMILES string of the molecule is O=[N+]([O-])c1ccc(Oc2cc(Br)cn3nccc23)c(C(F)(F)F)c1. The van der Waals surface area contributed by atoms with E-state index in [0.29, 0.717) is 16.1 Å².